The Morgan fingerprint density at radius 1 is 1.64 bits per heavy atom. The van der Waals surface area contributed by atoms with Crippen molar-refractivity contribution in [3.8, 4) is 6.07 Å². The van der Waals surface area contributed by atoms with Crippen molar-refractivity contribution in [2.24, 2.45) is 0 Å². The monoisotopic (exact) mass is 195 g/mol. The molecule has 0 saturated carbocycles. The molecule has 1 unspecified atom stereocenters. The number of piperidine rings is 1. The van der Waals surface area contributed by atoms with Gasteiger partial charge in [0, 0.05) is 13.6 Å². The second kappa shape index (κ2) is 5.61. The van der Waals surface area contributed by atoms with Gasteiger partial charge in [-0.1, -0.05) is 6.42 Å². The molecule has 0 aliphatic carbocycles. The summed E-state index contributed by atoms with van der Waals surface area (Å²) in [5.74, 6) is 0.125. The van der Waals surface area contributed by atoms with Crippen molar-refractivity contribution in [2.45, 2.75) is 31.7 Å². The van der Waals surface area contributed by atoms with Gasteiger partial charge in [0.05, 0.1) is 18.5 Å². The highest BCUT2D eigenvalue weighted by Gasteiger charge is 2.22. The lowest BCUT2D eigenvalue weighted by Gasteiger charge is -2.26. The summed E-state index contributed by atoms with van der Waals surface area (Å²) in [6, 6.07) is 2.02. The van der Waals surface area contributed by atoms with Gasteiger partial charge in [-0.15, -0.1) is 0 Å². The molecule has 1 rings (SSSR count). The molecule has 4 nitrogen and oxygen atoms in total. The van der Waals surface area contributed by atoms with Crippen LogP contribution in [0.3, 0.4) is 0 Å². The number of rotatable bonds is 3. The van der Waals surface area contributed by atoms with Crippen LogP contribution >= 0.6 is 0 Å². The third-order valence-corrected chi connectivity index (χ3v) is 2.54. The molecule has 0 aromatic rings. The first-order valence-corrected chi connectivity index (χ1v) is 5.11. The van der Waals surface area contributed by atoms with Crippen LogP contribution in [0.25, 0.3) is 0 Å². The second-order valence-electron chi connectivity index (χ2n) is 3.67. The van der Waals surface area contributed by atoms with E-state index in [2.05, 4.69) is 5.32 Å². The third-order valence-electron chi connectivity index (χ3n) is 2.54. The fraction of sp³-hybridized carbons (Fsp3) is 0.800. The summed E-state index contributed by atoms with van der Waals surface area (Å²) in [5.41, 5.74) is 0. The highest BCUT2D eigenvalue weighted by atomic mass is 16.2. The zero-order valence-corrected chi connectivity index (χ0v) is 8.62. The van der Waals surface area contributed by atoms with E-state index in [1.807, 2.05) is 6.07 Å². The molecule has 1 atom stereocenters. The normalized spacial score (nSPS) is 21.3. The van der Waals surface area contributed by atoms with Crippen molar-refractivity contribution in [2.75, 3.05) is 20.1 Å². The molecule has 4 heteroatoms. The van der Waals surface area contributed by atoms with Gasteiger partial charge in [0.25, 0.3) is 0 Å². The maximum Gasteiger partial charge on any atom is 0.239 e. The van der Waals surface area contributed by atoms with Crippen LogP contribution in [0.4, 0.5) is 0 Å². The highest BCUT2D eigenvalue weighted by molar-refractivity contribution is 5.81. The van der Waals surface area contributed by atoms with Gasteiger partial charge in [-0.2, -0.15) is 5.26 Å². The molecule has 0 spiro atoms. The molecule has 0 aromatic carbocycles. The van der Waals surface area contributed by atoms with E-state index in [4.69, 9.17) is 5.26 Å². The maximum absolute atomic E-state index is 11.8. The van der Waals surface area contributed by atoms with Crippen LogP contribution in [0, 0.1) is 11.3 Å². The lowest BCUT2D eigenvalue weighted by atomic mass is 10.0. The fourth-order valence-corrected chi connectivity index (χ4v) is 1.66. The van der Waals surface area contributed by atoms with Crippen molar-refractivity contribution in [1.82, 2.24) is 10.2 Å². The Hall–Kier alpha value is -1.08. The van der Waals surface area contributed by atoms with Gasteiger partial charge in [-0.25, -0.2) is 0 Å². The Morgan fingerprint density at radius 2 is 2.43 bits per heavy atom. The van der Waals surface area contributed by atoms with Gasteiger partial charge in [0.15, 0.2) is 0 Å². The Kier molecular flexibility index (Phi) is 4.41. The summed E-state index contributed by atoms with van der Waals surface area (Å²) in [5, 5.41) is 11.6. The van der Waals surface area contributed by atoms with E-state index in [-0.39, 0.29) is 11.9 Å². The van der Waals surface area contributed by atoms with Crippen molar-refractivity contribution >= 4 is 5.91 Å². The summed E-state index contributed by atoms with van der Waals surface area (Å²) in [6.07, 6.45) is 3.62. The maximum atomic E-state index is 11.8. The van der Waals surface area contributed by atoms with E-state index in [1.165, 1.54) is 0 Å². The minimum Gasteiger partial charge on any atom is -0.343 e. The van der Waals surface area contributed by atoms with Crippen LogP contribution in [0.1, 0.15) is 25.7 Å². The van der Waals surface area contributed by atoms with Gasteiger partial charge < -0.3 is 10.2 Å². The number of nitrogens with zero attached hydrogens (tertiary/aromatic N) is 2. The number of amides is 1. The summed E-state index contributed by atoms with van der Waals surface area (Å²) in [6.45, 7) is 1.47. The van der Waals surface area contributed by atoms with Crippen LogP contribution < -0.4 is 5.32 Å². The largest absolute Gasteiger partial charge is 0.343 e. The zero-order chi connectivity index (χ0) is 10.4. The topological polar surface area (TPSA) is 56.1 Å². The molecule has 1 fully saturated rings. The van der Waals surface area contributed by atoms with Gasteiger partial charge in [0.2, 0.25) is 5.91 Å². The Morgan fingerprint density at radius 3 is 3.00 bits per heavy atom. The lowest BCUT2D eigenvalue weighted by molar-refractivity contribution is -0.132. The van der Waals surface area contributed by atoms with E-state index in [0.717, 1.165) is 25.8 Å². The Labute approximate surface area is 84.9 Å². The smallest absolute Gasteiger partial charge is 0.239 e. The van der Waals surface area contributed by atoms with E-state index in [0.29, 0.717) is 13.0 Å². The SMILES string of the molecule is CN(CCC#N)C(=O)C1CCCCN1. The molecule has 1 N–H and O–H groups in total. The van der Waals surface area contributed by atoms with Gasteiger partial charge in [0.1, 0.15) is 0 Å². The zero-order valence-electron chi connectivity index (χ0n) is 8.62. The van der Waals surface area contributed by atoms with Crippen LogP contribution in [-0.2, 0) is 4.79 Å². The van der Waals surface area contributed by atoms with E-state index < -0.39 is 0 Å². The standard InChI is InChI=1S/C10H17N3O/c1-13(8-4-6-11)10(14)9-5-2-3-7-12-9/h9,12H,2-5,7-8H2,1H3. The second-order valence-corrected chi connectivity index (χ2v) is 3.67. The number of carbonyl (C=O) groups excluding carboxylic acids is 1. The summed E-state index contributed by atoms with van der Waals surface area (Å²) >= 11 is 0. The quantitative estimate of drug-likeness (QED) is 0.713. The van der Waals surface area contributed by atoms with Crippen LogP contribution in [0.15, 0.2) is 0 Å². The minimum absolute atomic E-state index is 0.0209. The number of hydrogen-bond acceptors (Lipinski definition) is 3. The molecule has 0 radical (unpaired) electrons. The highest BCUT2D eigenvalue weighted by Crippen LogP contribution is 2.09. The molecule has 1 aliphatic rings. The van der Waals surface area contributed by atoms with E-state index in [1.54, 1.807) is 11.9 Å². The Balaban J connectivity index is 2.35. The summed E-state index contributed by atoms with van der Waals surface area (Å²) in [4.78, 5) is 13.4. The van der Waals surface area contributed by atoms with Crippen LogP contribution in [0.5, 0.6) is 0 Å². The Bertz CT molecular complexity index is 228. The number of nitrogens with one attached hydrogen (secondary N) is 1. The fourth-order valence-electron chi connectivity index (χ4n) is 1.66. The molecule has 1 amide bonds. The average Bonchev–Trinajstić information content (AvgIpc) is 2.26. The molecule has 78 valence electrons. The van der Waals surface area contributed by atoms with Gasteiger partial charge in [-0.3, -0.25) is 4.79 Å². The first-order valence-electron chi connectivity index (χ1n) is 5.11. The predicted octanol–water partition coefficient (Wildman–Crippen LogP) is 0.501. The summed E-state index contributed by atoms with van der Waals surface area (Å²) < 4.78 is 0. The van der Waals surface area contributed by atoms with Crippen molar-refractivity contribution < 1.29 is 4.79 Å². The van der Waals surface area contributed by atoms with Crippen molar-refractivity contribution in [3.05, 3.63) is 0 Å². The van der Waals surface area contributed by atoms with Crippen molar-refractivity contribution in [1.29, 1.82) is 5.26 Å². The molecule has 1 aliphatic heterocycles. The first-order chi connectivity index (χ1) is 6.75. The molecule has 1 saturated heterocycles. The van der Waals surface area contributed by atoms with Gasteiger partial charge in [-0.05, 0) is 19.4 Å². The van der Waals surface area contributed by atoms with Crippen LogP contribution in [0.2, 0.25) is 0 Å². The summed E-state index contributed by atoms with van der Waals surface area (Å²) in [7, 11) is 1.76. The number of nitriles is 1. The number of likely N-dealkylation sites (N-methyl/N-ethyl adjacent to an activating group) is 1. The molecule has 0 bridgehead atoms. The molecule has 1 heterocycles. The van der Waals surface area contributed by atoms with Gasteiger partial charge >= 0.3 is 0 Å². The molecule has 0 aromatic heterocycles. The van der Waals surface area contributed by atoms with E-state index >= 15 is 0 Å². The first kappa shape index (κ1) is 11.0. The predicted molar refractivity (Wildman–Crippen MR) is 53.5 cm³/mol. The average molecular weight is 195 g/mol. The molecule has 14 heavy (non-hydrogen) atoms. The third kappa shape index (κ3) is 3.00. The minimum atomic E-state index is -0.0209. The van der Waals surface area contributed by atoms with Crippen molar-refractivity contribution in [3.63, 3.8) is 0 Å². The number of hydrogen-bond donors (Lipinski definition) is 1. The van der Waals surface area contributed by atoms with E-state index in [9.17, 15) is 4.79 Å². The lowest BCUT2D eigenvalue weighted by Crippen LogP contribution is -2.47. The molecular formula is C10H17N3O. The number of carbonyl (C=O) groups is 1. The molecular weight excluding hydrogens is 178 g/mol. The van der Waals surface area contributed by atoms with Crippen LogP contribution in [-0.4, -0.2) is 37.0 Å².